The zero-order valence-corrected chi connectivity index (χ0v) is 24.2. The fourth-order valence-electron chi connectivity index (χ4n) is 5.03. The number of aromatic hydroxyl groups is 1. The smallest absolute Gasteiger partial charge is 0.269 e. The van der Waals surface area contributed by atoms with Gasteiger partial charge in [-0.15, -0.1) is 0 Å². The number of amides is 1. The summed E-state index contributed by atoms with van der Waals surface area (Å²) in [6, 6.07) is 22.1. The van der Waals surface area contributed by atoms with Crippen LogP contribution in [0, 0.1) is 11.6 Å². The molecule has 3 aromatic carbocycles. The summed E-state index contributed by atoms with van der Waals surface area (Å²) >= 11 is 0. The van der Waals surface area contributed by atoms with Gasteiger partial charge in [-0.1, -0.05) is 24.3 Å². The molecule has 0 atom stereocenters. The van der Waals surface area contributed by atoms with Crippen LogP contribution in [0.1, 0.15) is 21.5 Å². The van der Waals surface area contributed by atoms with E-state index in [1.54, 1.807) is 36.4 Å². The topological polar surface area (TPSA) is 123 Å². The maximum atomic E-state index is 13.6. The van der Waals surface area contributed by atoms with Crippen molar-refractivity contribution in [2.24, 2.45) is 0 Å². The van der Waals surface area contributed by atoms with Gasteiger partial charge in [-0.3, -0.25) is 9.59 Å². The predicted molar refractivity (Wildman–Crippen MR) is 163 cm³/mol. The van der Waals surface area contributed by atoms with Crippen molar-refractivity contribution < 1.29 is 27.1 Å². The van der Waals surface area contributed by atoms with Crippen LogP contribution in [0.2, 0.25) is 0 Å². The largest absolute Gasteiger partial charge is 0.508 e. The van der Waals surface area contributed by atoms with E-state index in [0.717, 1.165) is 16.1 Å². The van der Waals surface area contributed by atoms with Crippen molar-refractivity contribution in [3.8, 4) is 16.9 Å². The predicted octanol–water partition coefficient (Wildman–Crippen LogP) is 5.06. The van der Waals surface area contributed by atoms with E-state index in [4.69, 9.17) is 0 Å². The van der Waals surface area contributed by atoms with E-state index in [2.05, 4.69) is 10.3 Å². The number of halogens is 2. The molecule has 6 rings (SSSR count). The molecule has 0 saturated carbocycles. The van der Waals surface area contributed by atoms with Gasteiger partial charge in [-0.25, -0.2) is 26.2 Å². The lowest BCUT2D eigenvalue weighted by Crippen LogP contribution is -2.32. The van der Waals surface area contributed by atoms with Crippen LogP contribution in [-0.2, 0) is 23.1 Å². The molecule has 0 radical (unpaired) electrons. The third-order valence-electron chi connectivity index (χ3n) is 7.18. The molecule has 3 heterocycles. The molecule has 0 fully saturated rings. The van der Waals surface area contributed by atoms with Crippen molar-refractivity contribution >= 4 is 27.0 Å². The number of aromatic nitrogens is 3. The Balaban J connectivity index is 1.27. The lowest BCUT2D eigenvalue weighted by Gasteiger charge is -2.10. The summed E-state index contributed by atoms with van der Waals surface area (Å²) in [7, 11) is -3.99. The maximum absolute atomic E-state index is 13.6. The third kappa shape index (κ3) is 5.83. The summed E-state index contributed by atoms with van der Waals surface area (Å²) in [5, 5.41) is 13.8. The van der Waals surface area contributed by atoms with Crippen molar-refractivity contribution in [1.29, 1.82) is 0 Å². The number of fused-ring (bicyclic) bond motifs is 1. The first-order chi connectivity index (χ1) is 21.6. The number of benzene rings is 3. The van der Waals surface area contributed by atoms with Crippen LogP contribution < -0.4 is 10.9 Å². The minimum Gasteiger partial charge on any atom is -0.508 e. The Hall–Kier alpha value is -5.62. The quantitative estimate of drug-likeness (QED) is 0.243. The number of pyridine rings is 2. The van der Waals surface area contributed by atoms with Gasteiger partial charge in [0.1, 0.15) is 11.3 Å². The molecule has 0 bridgehead atoms. The number of phenolic OH excluding ortho intramolecular Hbond substituents is 1. The SMILES string of the molecule is O=C(NCc1cc(O)cc(-c2cn(S(=O)(=O)c3ccccc3)c3ncccc23)c1)c1cccn(Cc2ccc(F)c(F)c2)c1=O. The Kier molecular flexibility index (Phi) is 7.73. The van der Waals surface area contributed by atoms with Gasteiger partial charge in [0.05, 0.1) is 11.4 Å². The molecule has 12 heteroatoms. The lowest BCUT2D eigenvalue weighted by molar-refractivity contribution is 0.0948. The maximum Gasteiger partial charge on any atom is 0.269 e. The van der Waals surface area contributed by atoms with Gasteiger partial charge in [-0.05, 0) is 83.4 Å². The monoisotopic (exact) mass is 626 g/mol. The second-order valence-electron chi connectivity index (χ2n) is 10.2. The molecule has 1 amide bonds. The third-order valence-corrected chi connectivity index (χ3v) is 8.84. The summed E-state index contributed by atoms with van der Waals surface area (Å²) in [6.07, 6.45) is 4.36. The minimum absolute atomic E-state index is 0.0725. The van der Waals surface area contributed by atoms with Gasteiger partial charge in [0.15, 0.2) is 17.3 Å². The van der Waals surface area contributed by atoms with Crippen LogP contribution in [-0.4, -0.2) is 33.0 Å². The molecule has 3 aromatic heterocycles. The fourth-order valence-corrected chi connectivity index (χ4v) is 6.37. The number of rotatable bonds is 8. The highest BCUT2D eigenvalue weighted by Crippen LogP contribution is 2.34. The molecule has 0 spiro atoms. The summed E-state index contributed by atoms with van der Waals surface area (Å²) in [5.41, 5.74) is 1.20. The zero-order valence-electron chi connectivity index (χ0n) is 23.4. The highest BCUT2D eigenvalue weighted by atomic mass is 32.2. The molecule has 9 nitrogen and oxygen atoms in total. The number of nitrogens with zero attached hydrogens (tertiary/aromatic N) is 3. The van der Waals surface area contributed by atoms with Crippen LogP contribution in [0.4, 0.5) is 8.78 Å². The molecule has 0 aliphatic rings. The van der Waals surface area contributed by atoms with E-state index in [0.29, 0.717) is 27.6 Å². The number of phenols is 1. The number of nitrogens with one attached hydrogen (secondary N) is 1. The van der Waals surface area contributed by atoms with E-state index in [1.807, 2.05) is 0 Å². The second-order valence-corrected chi connectivity index (χ2v) is 12.0. The fraction of sp³-hybridized carbons (Fsp3) is 0.0606. The van der Waals surface area contributed by atoms with Crippen LogP contribution in [0.3, 0.4) is 0 Å². The van der Waals surface area contributed by atoms with Gasteiger partial charge in [0.25, 0.3) is 21.5 Å². The average Bonchev–Trinajstić information content (AvgIpc) is 3.44. The van der Waals surface area contributed by atoms with Gasteiger partial charge >= 0.3 is 0 Å². The molecule has 0 aliphatic heterocycles. The first-order valence-corrected chi connectivity index (χ1v) is 15.1. The molecule has 6 aromatic rings. The van der Waals surface area contributed by atoms with Crippen molar-refractivity contribution in [2.75, 3.05) is 0 Å². The lowest BCUT2D eigenvalue weighted by atomic mass is 10.0. The Morgan fingerprint density at radius 1 is 0.889 bits per heavy atom. The van der Waals surface area contributed by atoms with E-state index in [-0.39, 0.29) is 34.9 Å². The number of hydrogen-bond donors (Lipinski definition) is 2. The highest BCUT2D eigenvalue weighted by molar-refractivity contribution is 7.90. The van der Waals surface area contributed by atoms with Crippen molar-refractivity contribution in [1.82, 2.24) is 18.8 Å². The average molecular weight is 627 g/mol. The molecule has 2 N–H and O–H groups in total. The van der Waals surface area contributed by atoms with Crippen LogP contribution in [0.15, 0.2) is 119 Å². The molecule has 0 aliphatic carbocycles. The molecule has 0 saturated heterocycles. The van der Waals surface area contributed by atoms with Crippen LogP contribution in [0.5, 0.6) is 5.75 Å². The molecule has 45 heavy (non-hydrogen) atoms. The Labute approximate surface area is 255 Å². The summed E-state index contributed by atoms with van der Waals surface area (Å²) < 4.78 is 56.2. The van der Waals surface area contributed by atoms with Crippen molar-refractivity contribution in [3.63, 3.8) is 0 Å². The van der Waals surface area contributed by atoms with Crippen molar-refractivity contribution in [2.45, 2.75) is 18.0 Å². The molecular formula is C33H24F2N4O5S. The number of carbonyl (C=O) groups is 1. The Morgan fingerprint density at radius 3 is 2.47 bits per heavy atom. The van der Waals surface area contributed by atoms with E-state index < -0.39 is 33.1 Å². The van der Waals surface area contributed by atoms with Crippen LogP contribution >= 0.6 is 0 Å². The second kappa shape index (κ2) is 11.8. The van der Waals surface area contributed by atoms with Gasteiger partial charge in [-0.2, -0.15) is 0 Å². The highest BCUT2D eigenvalue weighted by Gasteiger charge is 2.23. The minimum atomic E-state index is -3.99. The van der Waals surface area contributed by atoms with Gasteiger partial charge in [0.2, 0.25) is 0 Å². The number of carbonyl (C=O) groups excluding carboxylic acids is 1. The first-order valence-electron chi connectivity index (χ1n) is 13.6. The van der Waals surface area contributed by atoms with Gasteiger partial charge in [0, 0.05) is 36.1 Å². The summed E-state index contributed by atoms with van der Waals surface area (Å²) in [6.45, 7) is -0.146. The first kappa shape index (κ1) is 29.5. The molecule has 0 unspecified atom stereocenters. The number of hydrogen-bond acceptors (Lipinski definition) is 6. The summed E-state index contributed by atoms with van der Waals surface area (Å²) in [4.78, 5) is 30.4. The zero-order chi connectivity index (χ0) is 31.7. The van der Waals surface area contributed by atoms with Crippen molar-refractivity contribution in [3.05, 3.63) is 148 Å². The summed E-state index contributed by atoms with van der Waals surface area (Å²) in [5.74, 6) is -2.85. The van der Waals surface area contributed by atoms with Gasteiger partial charge < -0.3 is 15.0 Å². The Bertz CT molecular complexity index is 2250. The van der Waals surface area contributed by atoms with E-state index in [1.165, 1.54) is 65.6 Å². The molecule has 226 valence electrons. The van der Waals surface area contributed by atoms with E-state index >= 15 is 0 Å². The molecular weight excluding hydrogens is 602 g/mol. The standard InChI is InChI=1S/C33H24F2N4O5S/c34-29-11-10-21(16-30(29)35)19-38-13-5-9-27(33(38)42)32(41)37-18-22-14-23(17-24(40)15-22)28-20-39(31-26(28)8-4-12-36-31)45(43,44)25-6-2-1-3-7-25/h1-17,20,40H,18-19H2,(H,37,41). The normalized spacial score (nSPS) is 11.5. The van der Waals surface area contributed by atoms with E-state index in [9.17, 15) is 31.9 Å². The van der Waals surface area contributed by atoms with Crippen LogP contribution in [0.25, 0.3) is 22.2 Å². The Morgan fingerprint density at radius 2 is 1.69 bits per heavy atom.